The molecule has 0 spiro atoms. The average Bonchev–Trinajstić information content (AvgIpc) is 2.63. The number of rotatable bonds is 42. The molecule has 2 aromatic carbocycles. The van der Waals surface area contributed by atoms with E-state index in [1.165, 1.54) is 249 Å². The van der Waals surface area contributed by atoms with Gasteiger partial charge >= 0.3 is 0 Å². The van der Waals surface area contributed by atoms with E-state index in [-0.39, 0.29) is 0 Å². The smallest absolute Gasteiger partial charge is 0.123 e. The maximum atomic E-state index is 6.59. The number of hydrogen-bond donors (Lipinski definition) is 0. The zero-order chi connectivity index (χ0) is 57.3. The Morgan fingerprint density at radius 1 is 0.398 bits per heavy atom. The predicted octanol–water partition coefficient (Wildman–Crippen LogP) is 24.9. The highest BCUT2D eigenvalue weighted by molar-refractivity contribution is 7.27. The Bertz CT molecular complexity index is 3150. The number of ether oxygens (including phenoxy) is 2. The standard InChI is InChI=1S/C72H96N4O2S5/c1-5-9-13-17-21-23-25-27-31-35-44-77-54-48-53(49-55(51-54)78-45-36-32-28-26-24-22-18-14-10-6-2)50-57-56-43-47-80-71(56)72-58(57)52-64(82-72)61-41-42-63(81-61)66-68-67(65(62-40-37-46-79-62)69-70(66)76-83-75-69)73-59(38-33-29-19-15-11-7-3)60(74-68)39-34-30-20-16-12-8-4/h37,40-43,46-52H,5-36,38-39,44-45H2,1-4H3. The molecule has 0 radical (unpaired) electrons. The van der Waals surface area contributed by atoms with Gasteiger partial charge < -0.3 is 9.47 Å². The van der Waals surface area contributed by atoms with Crippen LogP contribution in [0.3, 0.4) is 0 Å². The molecule has 9 rings (SSSR count). The van der Waals surface area contributed by atoms with Crippen molar-refractivity contribution in [1.29, 1.82) is 0 Å². The Hall–Kier alpha value is -4.26. The topological polar surface area (TPSA) is 70.0 Å². The molecular formula is C72H96N4O2S5. The lowest BCUT2D eigenvalue weighted by Crippen LogP contribution is -2.05. The van der Waals surface area contributed by atoms with Crippen molar-refractivity contribution in [2.24, 2.45) is 0 Å². The normalized spacial score (nSPS) is 12.7. The molecular weight excluding hydrogens is 1110 g/mol. The van der Waals surface area contributed by atoms with E-state index in [2.05, 4.69) is 99.1 Å². The van der Waals surface area contributed by atoms with Crippen molar-refractivity contribution in [1.82, 2.24) is 18.7 Å². The van der Waals surface area contributed by atoms with Crippen molar-refractivity contribution in [2.45, 2.75) is 246 Å². The van der Waals surface area contributed by atoms with E-state index < -0.39 is 0 Å². The molecule has 0 saturated carbocycles. The largest absolute Gasteiger partial charge is 0.493 e. The SMILES string of the molecule is CCCCCCCCCCCCOc1cc(C=C2c3ccsc3-c3sc(-c4ccc(-c5c6nsnc6c(-c6cccs6)c6nc(CCCCCCCC)c(CCCCCCCC)nc56)s4)cc32)cc(OCCCCCCCCCCCC)c1. The second-order valence-electron chi connectivity index (χ2n) is 23.6. The van der Waals surface area contributed by atoms with Gasteiger partial charge in [-0.25, -0.2) is 9.97 Å². The Kier molecular flexibility index (Phi) is 26.5. The number of nitrogens with zero attached hydrogens (tertiary/aromatic N) is 4. The van der Waals surface area contributed by atoms with Crippen LogP contribution in [0.15, 0.2) is 65.4 Å². The second kappa shape index (κ2) is 34.8. The molecule has 446 valence electrons. The molecule has 0 saturated heterocycles. The first-order chi connectivity index (χ1) is 41.1. The van der Waals surface area contributed by atoms with E-state index in [9.17, 15) is 0 Å². The van der Waals surface area contributed by atoms with Crippen LogP contribution in [0.2, 0.25) is 0 Å². The van der Waals surface area contributed by atoms with Gasteiger partial charge in [0.15, 0.2) is 0 Å². The molecule has 1 aliphatic rings. The predicted molar refractivity (Wildman–Crippen MR) is 366 cm³/mol. The minimum absolute atomic E-state index is 0.732. The van der Waals surface area contributed by atoms with Gasteiger partial charge in [-0.2, -0.15) is 8.75 Å². The first-order valence-corrected chi connectivity index (χ1v) is 37.2. The van der Waals surface area contributed by atoms with Crippen LogP contribution in [-0.4, -0.2) is 31.9 Å². The van der Waals surface area contributed by atoms with Crippen LogP contribution in [0, 0.1) is 0 Å². The zero-order valence-corrected chi connectivity index (χ0v) is 55.1. The number of hydrogen-bond acceptors (Lipinski definition) is 11. The zero-order valence-electron chi connectivity index (χ0n) is 51.0. The van der Waals surface area contributed by atoms with Crippen LogP contribution >= 0.6 is 57.1 Å². The third-order valence-electron chi connectivity index (χ3n) is 16.8. The lowest BCUT2D eigenvalue weighted by molar-refractivity contribution is 0.289. The lowest BCUT2D eigenvalue weighted by atomic mass is 9.99. The molecule has 0 N–H and O–H groups in total. The van der Waals surface area contributed by atoms with Crippen molar-refractivity contribution >= 4 is 90.8 Å². The molecule has 0 fully saturated rings. The third-order valence-corrected chi connectivity index (χ3v) is 21.7. The molecule has 0 atom stereocenters. The Balaban J connectivity index is 0.979. The first-order valence-electron chi connectivity index (χ1n) is 33.0. The molecule has 0 aliphatic heterocycles. The van der Waals surface area contributed by atoms with Gasteiger partial charge in [0.2, 0.25) is 0 Å². The number of aryl methyl sites for hydroxylation is 2. The third kappa shape index (κ3) is 17.9. The molecule has 1 aliphatic carbocycles. The van der Waals surface area contributed by atoms with Crippen LogP contribution in [0.5, 0.6) is 11.5 Å². The van der Waals surface area contributed by atoms with Crippen LogP contribution in [0.1, 0.15) is 261 Å². The van der Waals surface area contributed by atoms with Gasteiger partial charge in [0.1, 0.15) is 33.6 Å². The maximum Gasteiger partial charge on any atom is 0.123 e. The fourth-order valence-electron chi connectivity index (χ4n) is 12.1. The van der Waals surface area contributed by atoms with Crippen LogP contribution in [0.4, 0.5) is 0 Å². The van der Waals surface area contributed by atoms with Gasteiger partial charge in [-0.05, 0) is 109 Å². The highest BCUT2D eigenvalue weighted by atomic mass is 32.1. The van der Waals surface area contributed by atoms with E-state index in [1.807, 2.05) is 34.0 Å². The van der Waals surface area contributed by atoms with E-state index in [0.717, 1.165) is 102 Å². The molecule has 6 heterocycles. The van der Waals surface area contributed by atoms with Crippen LogP contribution in [0.25, 0.3) is 74.1 Å². The van der Waals surface area contributed by atoms with Crippen molar-refractivity contribution in [3.8, 4) is 51.9 Å². The molecule has 83 heavy (non-hydrogen) atoms. The quantitative estimate of drug-likeness (QED) is 0.0355. The van der Waals surface area contributed by atoms with Gasteiger partial charge in [-0.15, -0.1) is 45.3 Å². The molecule has 6 aromatic heterocycles. The number of thiophene rings is 4. The number of unbranched alkanes of at least 4 members (excludes halogenated alkanes) is 28. The van der Waals surface area contributed by atoms with Gasteiger partial charge in [0, 0.05) is 47.8 Å². The average molecular weight is 1210 g/mol. The molecule has 11 heteroatoms. The summed E-state index contributed by atoms with van der Waals surface area (Å²) in [5, 5.41) is 4.43. The van der Waals surface area contributed by atoms with Crippen molar-refractivity contribution in [3.63, 3.8) is 0 Å². The molecule has 0 amide bonds. The number of fused-ring (bicyclic) bond motifs is 5. The molecule has 8 aromatic rings. The highest BCUT2D eigenvalue weighted by Crippen LogP contribution is 2.55. The van der Waals surface area contributed by atoms with Gasteiger partial charge in [0.25, 0.3) is 0 Å². The van der Waals surface area contributed by atoms with Crippen LogP contribution in [-0.2, 0) is 12.8 Å². The summed E-state index contributed by atoms with van der Waals surface area (Å²) in [5.41, 5.74) is 13.4. The minimum atomic E-state index is 0.732. The fourth-order valence-corrected chi connectivity index (χ4v) is 16.8. The van der Waals surface area contributed by atoms with E-state index in [1.54, 1.807) is 11.3 Å². The Labute approximate surface area is 519 Å². The van der Waals surface area contributed by atoms with E-state index in [0.29, 0.717) is 0 Å². The monoisotopic (exact) mass is 1210 g/mol. The fraction of sp³-hybridized carbons (Fsp3) is 0.556. The maximum absolute atomic E-state index is 6.59. The summed E-state index contributed by atoms with van der Waals surface area (Å²) < 4.78 is 23.3. The van der Waals surface area contributed by atoms with Gasteiger partial charge in [0.05, 0.1) is 46.1 Å². The van der Waals surface area contributed by atoms with Crippen molar-refractivity contribution < 1.29 is 9.47 Å². The highest BCUT2D eigenvalue weighted by Gasteiger charge is 2.30. The Morgan fingerprint density at radius 2 is 0.880 bits per heavy atom. The number of aromatic nitrogens is 4. The summed E-state index contributed by atoms with van der Waals surface area (Å²) in [7, 11) is 0. The summed E-state index contributed by atoms with van der Waals surface area (Å²) in [6.07, 6.45) is 45.7. The Morgan fingerprint density at radius 3 is 1.39 bits per heavy atom. The molecule has 6 nitrogen and oxygen atoms in total. The summed E-state index contributed by atoms with van der Waals surface area (Å²) in [6, 6.07) is 20.4. The minimum Gasteiger partial charge on any atom is -0.493 e. The van der Waals surface area contributed by atoms with E-state index in [4.69, 9.17) is 28.2 Å². The molecule has 0 bridgehead atoms. The summed E-state index contributed by atoms with van der Waals surface area (Å²) in [5.74, 6) is 1.81. The van der Waals surface area contributed by atoms with Crippen LogP contribution < -0.4 is 9.47 Å². The first kappa shape index (κ1) is 63.2. The van der Waals surface area contributed by atoms with E-state index >= 15 is 0 Å². The van der Waals surface area contributed by atoms with Crippen molar-refractivity contribution in [3.05, 3.63) is 93.4 Å². The van der Waals surface area contributed by atoms with Crippen molar-refractivity contribution in [2.75, 3.05) is 13.2 Å². The summed E-state index contributed by atoms with van der Waals surface area (Å²) in [4.78, 5) is 19.1. The number of benzene rings is 2. The lowest BCUT2D eigenvalue weighted by Gasteiger charge is -2.15. The van der Waals surface area contributed by atoms with Gasteiger partial charge in [-0.3, -0.25) is 0 Å². The molecule has 0 unspecified atom stereocenters. The summed E-state index contributed by atoms with van der Waals surface area (Å²) in [6.45, 7) is 10.7. The second-order valence-corrected chi connectivity index (χ2v) is 28.1. The summed E-state index contributed by atoms with van der Waals surface area (Å²) >= 11 is 8.70. The van der Waals surface area contributed by atoms with Gasteiger partial charge in [-0.1, -0.05) is 214 Å².